The van der Waals surface area contributed by atoms with Gasteiger partial charge >= 0.3 is 11.9 Å². The number of alkyl halides is 3. The summed E-state index contributed by atoms with van der Waals surface area (Å²) in [6.07, 6.45) is -3.28. The molecule has 1 saturated heterocycles. The maximum absolute atomic E-state index is 12.7. The van der Waals surface area contributed by atoms with E-state index in [1.54, 1.807) is 4.90 Å². The summed E-state index contributed by atoms with van der Waals surface area (Å²) in [5.74, 6) is 0.104. The molecule has 21 heavy (non-hydrogen) atoms. The van der Waals surface area contributed by atoms with E-state index in [9.17, 15) is 23.3 Å². The van der Waals surface area contributed by atoms with Crippen LogP contribution in [0.4, 0.5) is 24.5 Å². The Balaban J connectivity index is 2.38. The van der Waals surface area contributed by atoms with Gasteiger partial charge in [0, 0.05) is 19.1 Å². The third-order valence-electron chi connectivity index (χ3n) is 3.66. The molecule has 0 bridgehead atoms. The minimum absolute atomic E-state index is 0.0505. The van der Waals surface area contributed by atoms with Crippen LogP contribution in [0.5, 0.6) is 0 Å². The number of pyridine rings is 1. The highest BCUT2D eigenvalue weighted by atomic mass is 19.4. The monoisotopic (exact) mass is 304 g/mol. The molecular formula is C12H15F3N4O2. The molecule has 0 aliphatic carbocycles. The first-order chi connectivity index (χ1) is 9.70. The lowest BCUT2D eigenvalue weighted by molar-refractivity contribution is -0.384. The minimum Gasteiger partial charge on any atom is -0.366 e. The summed E-state index contributed by atoms with van der Waals surface area (Å²) in [4.78, 5) is 15.0. The van der Waals surface area contributed by atoms with Crippen molar-refractivity contribution >= 4 is 11.4 Å². The second-order valence-electron chi connectivity index (χ2n) is 5.17. The SMILES string of the molecule is CC(N)C1CCN(c2cc(C(F)(F)F)ncc2[N+](=O)[O-])C1. The molecule has 2 rings (SSSR count). The number of nitro groups is 1. The number of anilines is 1. The van der Waals surface area contributed by atoms with Crippen LogP contribution in [-0.2, 0) is 6.18 Å². The molecule has 6 nitrogen and oxygen atoms in total. The Hall–Kier alpha value is -1.90. The number of rotatable bonds is 3. The maximum atomic E-state index is 12.7. The highest BCUT2D eigenvalue weighted by molar-refractivity contribution is 5.63. The Labute approximate surface area is 118 Å². The van der Waals surface area contributed by atoms with E-state index >= 15 is 0 Å². The van der Waals surface area contributed by atoms with Crippen LogP contribution < -0.4 is 10.6 Å². The van der Waals surface area contributed by atoms with Crippen LogP contribution >= 0.6 is 0 Å². The third kappa shape index (κ3) is 3.23. The van der Waals surface area contributed by atoms with Gasteiger partial charge in [-0.3, -0.25) is 10.1 Å². The van der Waals surface area contributed by atoms with Crippen molar-refractivity contribution in [2.24, 2.45) is 11.7 Å². The summed E-state index contributed by atoms with van der Waals surface area (Å²) >= 11 is 0. The van der Waals surface area contributed by atoms with Gasteiger partial charge in [-0.2, -0.15) is 13.2 Å². The Morgan fingerprint density at radius 1 is 1.57 bits per heavy atom. The van der Waals surface area contributed by atoms with Gasteiger partial charge in [0.05, 0.1) is 4.92 Å². The predicted molar refractivity (Wildman–Crippen MR) is 69.9 cm³/mol. The largest absolute Gasteiger partial charge is 0.433 e. The van der Waals surface area contributed by atoms with Crippen LogP contribution in [-0.4, -0.2) is 29.0 Å². The molecule has 0 amide bonds. The van der Waals surface area contributed by atoms with E-state index in [4.69, 9.17) is 5.73 Å². The van der Waals surface area contributed by atoms with Crippen LogP contribution in [0.2, 0.25) is 0 Å². The minimum atomic E-state index is -4.63. The zero-order chi connectivity index (χ0) is 15.8. The quantitative estimate of drug-likeness (QED) is 0.683. The van der Waals surface area contributed by atoms with Crippen molar-refractivity contribution in [2.75, 3.05) is 18.0 Å². The van der Waals surface area contributed by atoms with E-state index in [0.717, 1.165) is 6.07 Å². The van der Waals surface area contributed by atoms with Crippen molar-refractivity contribution in [3.8, 4) is 0 Å². The predicted octanol–water partition coefficient (Wildman–Crippen LogP) is 2.18. The lowest BCUT2D eigenvalue weighted by Gasteiger charge is -2.20. The summed E-state index contributed by atoms with van der Waals surface area (Å²) in [6, 6.07) is 0.625. The van der Waals surface area contributed by atoms with Crippen molar-refractivity contribution in [1.29, 1.82) is 0 Å². The van der Waals surface area contributed by atoms with Crippen molar-refractivity contribution in [3.63, 3.8) is 0 Å². The topological polar surface area (TPSA) is 85.3 Å². The van der Waals surface area contributed by atoms with Gasteiger partial charge in [0.25, 0.3) is 0 Å². The number of hydrogen-bond acceptors (Lipinski definition) is 5. The molecule has 9 heteroatoms. The first-order valence-corrected chi connectivity index (χ1v) is 6.42. The van der Waals surface area contributed by atoms with Gasteiger partial charge in [0.1, 0.15) is 17.6 Å². The van der Waals surface area contributed by atoms with E-state index in [0.29, 0.717) is 25.7 Å². The van der Waals surface area contributed by atoms with Crippen molar-refractivity contribution in [3.05, 3.63) is 28.1 Å². The normalized spacial score (nSPS) is 20.6. The molecule has 2 heterocycles. The number of nitrogens with two attached hydrogens (primary N) is 1. The molecule has 0 aromatic carbocycles. The molecule has 1 aromatic rings. The fourth-order valence-electron chi connectivity index (χ4n) is 2.42. The molecule has 1 aromatic heterocycles. The van der Waals surface area contributed by atoms with Gasteiger partial charge in [-0.05, 0) is 25.3 Å². The third-order valence-corrected chi connectivity index (χ3v) is 3.66. The molecule has 0 radical (unpaired) electrons. The molecule has 1 fully saturated rings. The number of hydrogen-bond donors (Lipinski definition) is 1. The zero-order valence-electron chi connectivity index (χ0n) is 11.3. The van der Waals surface area contributed by atoms with Crippen molar-refractivity contribution in [2.45, 2.75) is 25.6 Å². The summed E-state index contributed by atoms with van der Waals surface area (Å²) in [5.41, 5.74) is 4.18. The fourth-order valence-corrected chi connectivity index (χ4v) is 2.42. The van der Waals surface area contributed by atoms with Gasteiger partial charge in [0.2, 0.25) is 0 Å². The molecule has 2 N–H and O–H groups in total. The Morgan fingerprint density at radius 3 is 2.71 bits per heavy atom. The molecule has 0 spiro atoms. The first-order valence-electron chi connectivity index (χ1n) is 6.42. The standard InChI is InChI=1S/C12H15F3N4O2/c1-7(16)8-2-3-18(6-8)9-4-11(12(13,14)15)17-5-10(9)19(20)21/h4-5,7-8H,2-3,6,16H2,1H3. The van der Waals surface area contributed by atoms with Crippen molar-refractivity contribution in [1.82, 2.24) is 4.98 Å². The van der Waals surface area contributed by atoms with E-state index < -0.39 is 22.5 Å². The highest BCUT2D eigenvalue weighted by Gasteiger charge is 2.36. The lowest BCUT2D eigenvalue weighted by Crippen LogP contribution is -2.30. The van der Waals surface area contributed by atoms with Crippen LogP contribution in [0.15, 0.2) is 12.3 Å². The second-order valence-corrected chi connectivity index (χ2v) is 5.17. The first kappa shape index (κ1) is 15.5. The molecular weight excluding hydrogens is 289 g/mol. The molecule has 2 unspecified atom stereocenters. The van der Waals surface area contributed by atoms with Gasteiger partial charge in [-0.15, -0.1) is 0 Å². The summed E-state index contributed by atoms with van der Waals surface area (Å²) in [7, 11) is 0. The molecule has 1 aliphatic rings. The maximum Gasteiger partial charge on any atom is 0.433 e. The highest BCUT2D eigenvalue weighted by Crippen LogP contribution is 2.37. The fraction of sp³-hybridized carbons (Fsp3) is 0.583. The van der Waals surface area contributed by atoms with Gasteiger partial charge < -0.3 is 10.6 Å². The smallest absolute Gasteiger partial charge is 0.366 e. The van der Waals surface area contributed by atoms with E-state index in [1.165, 1.54) is 0 Å². The van der Waals surface area contributed by atoms with Gasteiger partial charge in [-0.25, -0.2) is 4.98 Å². The summed E-state index contributed by atoms with van der Waals surface area (Å²) in [5, 5.41) is 11.0. The van der Waals surface area contributed by atoms with E-state index in [-0.39, 0.29) is 17.6 Å². The summed E-state index contributed by atoms with van der Waals surface area (Å²) in [6.45, 7) is 2.66. The number of halogens is 3. The van der Waals surface area contributed by atoms with Crippen LogP contribution in [0.3, 0.4) is 0 Å². The van der Waals surface area contributed by atoms with Gasteiger partial charge in [-0.1, -0.05) is 0 Å². The summed E-state index contributed by atoms with van der Waals surface area (Å²) < 4.78 is 38.2. The molecule has 0 saturated carbocycles. The van der Waals surface area contributed by atoms with Crippen LogP contribution in [0, 0.1) is 16.0 Å². The average molecular weight is 304 g/mol. The number of nitrogens with zero attached hydrogens (tertiary/aromatic N) is 3. The Kier molecular flexibility index (Phi) is 4.04. The lowest BCUT2D eigenvalue weighted by atomic mass is 10.0. The zero-order valence-corrected chi connectivity index (χ0v) is 11.3. The number of aromatic nitrogens is 1. The molecule has 116 valence electrons. The van der Waals surface area contributed by atoms with Crippen LogP contribution in [0.25, 0.3) is 0 Å². The average Bonchev–Trinajstić information content (AvgIpc) is 2.86. The van der Waals surface area contributed by atoms with Crippen molar-refractivity contribution < 1.29 is 18.1 Å². The Morgan fingerprint density at radius 2 is 2.24 bits per heavy atom. The molecule has 1 aliphatic heterocycles. The Bertz CT molecular complexity index is 548. The van der Waals surface area contributed by atoms with E-state index in [2.05, 4.69) is 4.98 Å². The van der Waals surface area contributed by atoms with Crippen LogP contribution in [0.1, 0.15) is 19.0 Å². The van der Waals surface area contributed by atoms with Gasteiger partial charge in [0.15, 0.2) is 0 Å². The van der Waals surface area contributed by atoms with E-state index in [1.807, 2.05) is 6.92 Å². The second kappa shape index (κ2) is 5.47. The molecule has 2 atom stereocenters.